The molecule has 2 unspecified atom stereocenters. The minimum atomic E-state index is 0.610. The van der Waals surface area contributed by atoms with Crippen LogP contribution < -0.4 is 0 Å². The molecule has 1 aliphatic carbocycles. The van der Waals surface area contributed by atoms with Crippen molar-refractivity contribution in [2.45, 2.75) is 25.8 Å². The third-order valence-corrected chi connectivity index (χ3v) is 3.56. The maximum absolute atomic E-state index is 5.35. The third-order valence-electron chi connectivity index (χ3n) is 3.26. The van der Waals surface area contributed by atoms with E-state index in [0.29, 0.717) is 6.04 Å². The first-order chi connectivity index (χ1) is 7.31. The molecule has 2 heterocycles. The summed E-state index contributed by atoms with van der Waals surface area (Å²) in [7, 11) is 0. The van der Waals surface area contributed by atoms with Crippen molar-refractivity contribution >= 4 is 23.3 Å². The number of fused-ring (bicyclic) bond motifs is 1. The number of H-pyrrole nitrogens is 1. The fraction of sp³-hybridized carbons (Fsp3) is 0.455. The average molecular weight is 219 g/mol. The Morgan fingerprint density at radius 3 is 3.27 bits per heavy atom. The first-order valence-corrected chi connectivity index (χ1v) is 5.76. The first-order valence-electron chi connectivity index (χ1n) is 5.35. The summed E-state index contributed by atoms with van der Waals surface area (Å²) >= 11 is 5.35. The molecule has 1 aliphatic rings. The maximum Gasteiger partial charge on any atom is 0.178 e. The number of imidazole rings is 1. The predicted octanol–water partition coefficient (Wildman–Crippen LogP) is 3.06. The minimum absolute atomic E-state index is 0.610. The lowest BCUT2D eigenvalue weighted by molar-refractivity contribution is 0.648. The molecule has 3 rings (SSSR count). The van der Waals surface area contributed by atoms with Gasteiger partial charge in [0, 0.05) is 12.2 Å². The number of rotatable bonds is 2. The molecule has 78 valence electrons. The third kappa shape index (κ3) is 1.32. The van der Waals surface area contributed by atoms with E-state index in [9.17, 15) is 0 Å². The molecule has 4 heteroatoms. The van der Waals surface area contributed by atoms with Gasteiger partial charge in [-0.3, -0.25) is 4.98 Å². The molecule has 15 heavy (non-hydrogen) atoms. The molecule has 0 spiro atoms. The van der Waals surface area contributed by atoms with Gasteiger partial charge in [-0.25, -0.2) is 0 Å². The molecule has 3 nitrogen and oxygen atoms in total. The Bertz CT molecular complexity index is 554. The lowest BCUT2D eigenvalue weighted by Gasteiger charge is -2.01. The molecule has 2 aromatic rings. The number of nitrogens with one attached hydrogen (secondary N) is 1. The van der Waals surface area contributed by atoms with E-state index in [1.165, 1.54) is 18.4 Å². The Labute approximate surface area is 93.1 Å². The van der Waals surface area contributed by atoms with E-state index in [1.54, 1.807) is 0 Å². The minimum Gasteiger partial charge on any atom is -0.329 e. The monoisotopic (exact) mass is 219 g/mol. The molecule has 2 aromatic heterocycles. The van der Waals surface area contributed by atoms with Crippen LogP contribution in [-0.4, -0.2) is 14.5 Å². The molecule has 0 aromatic carbocycles. The van der Waals surface area contributed by atoms with Crippen molar-refractivity contribution in [1.29, 1.82) is 0 Å². The highest BCUT2D eigenvalue weighted by Gasteiger charge is 2.38. The van der Waals surface area contributed by atoms with E-state index in [4.69, 9.17) is 12.2 Å². The van der Waals surface area contributed by atoms with Gasteiger partial charge >= 0.3 is 0 Å². The van der Waals surface area contributed by atoms with Crippen LogP contribution in [0.15, 0.2) is 18.5 Å². The highest BCUT2D eigenvalue weighted by Crippen LogP contribution is 2.46. The van der Waals surface area contributed by atoms with E-state index in [0.717, 1.165) is 16.2 Å². The van der Waals surface area contributed by atoms with E-state index in [2.05, 4.69) is 21.5 Å². The van der Waals surface area contributed by atoms with Crippen LogP contribution in [0.3, 0.4) is 0 Å². The lowest BCUT2D eigenvalue weighted by Crippen LogP contribution is -1.95. The summed E-state index contributed by atoms with van der Waals surface area (Å²) in [6, 6.07) is 2.64. The van der Waals surface area contributed by atoms with Gasteiger partial charge in [0.2, 0.25) is 0 Å². The van der Waals surface area contributed by atoms with Crippen LogP contribution in [0.25, 0.3) is 11.0 Å². The fourth-order valence-corrected chi connectivity index (χ4v) is 2.64. The summed E-state index contributed by atoms with van der Waals surface area (Å²) < 4.78 is 3.08. The van der Waals surface area contributed by atoms with Crippen molar-refractivity contribution in [2.24, 2.45) is 5.92 Å². The molecule has 0 bridgehead atoms. The zero-order valence-electron chi connectivity index (χ0n) is 8.60. The van der Waals surface area contributed by atoms with Gasteiger partial charge in [-0.05, 0) is 30.6 Å². The second-order valence-electron chi connectivity index (χ2n) is 4.16. The Kier molecular flexibility index (Phi) is 1.92. The van der Waals surface area contributed by atoms with Crippen molar-refractivity contribution in [3.8, 4) is 0 Å². The van der Waals surface area contributed by atoms with Gasteiger partial charge in [0.25, 0.3) is 0 Å². The Morgan fingerprint density at radius 2 is 2.53 bits per heavy atom. The van der Waals surface area contributed by atoms with Crippen LogP contribution in [0.2, 0.25) is 0 Å². The molecule has 1 saturated carbocycles. The van der Waals surface area contributed by atoms with Crippen LogP contribution >= 0.6 is 12.2 Å². The molecule has 2 atom stereocenters. The van der Waals surface area contributed by atoms with Crippen molar-refractivity contribution in [2.75, 3.05) is 0 Å². The summed E-state index contributed by atoms with van der Waals surface area (Å²) in [5, 5.41) is 0. The van der Waals surface area contributed by atoms with Crippen LogP contribution in [0.4, 0.5) is 0 Å². The van der Waals surface area contributed by atoms with Gasteiger partial charge < -0.3 is 9.55 Å². The van der Waals surface area contributed by atoms with Gasteiger partial charge in [-0.1, -0.05) is 13.3 Å². The number of aromatic nitrogens is 3. The van der Waals surface area contributed by atoms with E-state index < -0.39 is 0 Å². The van der Waals surface area contributed by atoms with Crippen LogP contribution in [0.1, 0.15) is 25.8 Å². The van der Waals surface area contributed by atoms with Crippen LogP contribution in [0, 0.1) is 10.7 Å². The second kappa shape index (κ2) is 3.17. The van der Waals surface area contributed by atoms with Crippen molar-refractivity contribution < 1.29 is 0 Å². The molecule has 0 saturated heterocycles. The van der Waals surface area contributed by atoms with Gasteiger partial charge in [0.1, 0.15) is 0 Å². The zero-order chi connectivity index (χ0) is 10.4. The average Bonchev–Trinajstić information content (AvgIpc) is 2.93. The van der Waals surface area contributed by atoms with Crippen molar-refractivity contribution in [3.63, 3.8) is 0 Å². The SMILES string of the molecule is CCC1CC1n1c(=S)[nH]c2cnccc21. The highest BCUT2D eigenvalue weighted by atomic mass is 32.1. The topological polar surface area (TPSA) is 33.6 Å². The van der Waals surface area contributed by atoms with E-state index in [-0.39, 0.29) is 0 Å². The number of aromatic amines is 1. The number of pyridine rings is 1. The maximum atomic E-state index is 5.35. The Balaban J connectivity index is 2.18. The Morgan fingerprint density at radius 1 is 1.67 bits per heavy atom. The van der Waals surface area contributed by atoms with Crippen LogP contribution in [-0.2, 0) is 0 Å². The summed E-state index contributed by atoms with van der Waals surface area (Å²) in [6.07, 6.45) is 6.17. The first kappa shape index (κ1) is 9.09. The quantitative estimate of drug-likeness (QED) is 0.787. The smallest absolute Gasteiger partial charge is 0.178 e. The van der Waals surface area contributed by atoms with Crippen molar-refractivity contribution in [1.82, 2.24) is 14.5 Å². The summed E-state index contributed by atoms with van der Waals surface area (Å²) in [4.78, 5) is 7.30. The largest absolute Gasteiger partial charge is 0.329 e. The summed E-state index contributed by atoms with van der Waals surface area (Å²) in [5.41, 5.74) is 2.24. The van der Waals surface area contributed by atoms with Crippen LogP contribution in [0.5, 0.6) is 0 Å². The number of hydrogen-bond donors (Lipinski definition) is 1. The number of hydrogen-bond acceptors (Lipinski definition) is 2. The fourth-order valence-electron chi connectivity index (χ4n) is 2.29. The molecule has 1 fully saturated rings. The molecule has 0 amide bonds. The molecular weight excluding hydrogens is 206 g/mol. The molecular formula is C11H13N3S. The summed E-state index contributed by atoms with van der Waals surface area (Å²) in [6.45, 7) is 2.24. The second-order valence-corrected chi connectivity index (χ2v) is 4.55. The zero-order valence-corrected chi connectivity index (χ0v) is 9.42. The summed E-state index contributed by atoms with van der Waals surface area (Å²) in [5.74, 6) is 0.809. The number of nitrogens with zero attached hydrogens (tertiary/aromatic N) is 2. The standard InChI is InChI=1S/C11H13N3S/c1-2-7-5-10(7)14-9-3-4-12-6-8(9)13-11(14)15/h3-4,6-7,10H,2,5H2,1H3,(H,13,15). The predicted molar refractivity (Wildman–Crippen MR) is 62.4 cm³/mol. The van der Waals surface area contributed by atoms with Gasteiger partial charge in [-0.15, -0.1) is 0 Å². The van der Waals surface area contributed by atoms with Gasteiger partial charge in [-0.2, -0.15) is 0 Å². The van der Waals surface area contributed by atoms with Crippen molar-refractivity contribution in [3.05, 3.63) is 23.2 Å². The molecule has 0 radical (unpaired) electrons. The molecule has 1 N–H and O–H groups in total. The lowest BCUT2D eigenvalue weighted by atomic mass is 10.3. The van der Waals surface area contributed by atoms with E-state index in [1.807, 2.05) is 18.5 Å². The Hall–Kier alpha value is -1.16. The highest BCUT2D eigenvalue weighted by molar-refractivity contribution is 7.71. The van der Waals surface area contributed by atoms with Gasteiger partial charge in [0.05, 0.1) is 17.2 Å². The van der Waals surface area contributed by atoms with E-state index >= 15 is 0 Å². The van der Waals surface area contributed by atoms with Gasteiger partial charge in [0.15, 0.2) is 4.77 Å². The molecule has 0 aliphatic heterocycles. The normalized spacial score (nSPS) is 24.6.